The molecular weight excluding hydrogens is 369 g/mol. The Morgan fingerprint density at radius 3 is 2.48 bits per heavy atom. The van der Waals surface area contributed by atoms with Crippen molar-refractivity contribution in [1.29, 1.82) is 5.26 Å². The van der Waals surface area contributed by atoms with Gasteiger partial charge in [-0.1, -0.05) is 6.07 Å². The molecule has 1 aliphatic heterocycles. The Hall–Kier alpha value is -2.76. The van der Waals surface area contributed by atoms with Crippen LogP contribution in [0.5, 0.6) is 0 Å². The number of nitriles is 1. The highest BCUT2D eigenvalue weighted by atomic mass is 32.2. The molecule has 8 heteroatoms. The summed E-state index contributed by atoms with van der Waals surface area (Å²) >= 11 is 0. The molecule has 0 bridgehead atoms. The molecule has 2 aromatic rings. The van der Waals surface area contributed by atoms with E-state index in [4.69, 9.17) is 5.26 Å². The van der Waals surface area contributed by atoms with Crippen molar-refractivity contribution in [2.24, 2.45) is 0 Å². The van der Waals surface area contributed by atoms with Crippen molar-refractivity contribution in [3.63, 3.8) is 0 Å². The minimum absolute atomic E-state index is 0.0328. The van der Waals surface area contributed by atoms with Crippen molar-refractivity contribution in [2.45, 2.75) is 11.3 Å². The molecular formula is C19H18FN3O3S. The number of benzene rings is 2. The van der Waals surface area contributed by atoms with Gasteiger partial charge in [-0.3, -0.25) is 4.79 Å². The third-order valence-corrected chi connectivity index (χ3v) is 6.34. The molecule has 0 atom stereocenters. The standard InChI is InChI=1S/C19H18FN3O3S/c20-17-5-7-18(8-6-17)27(25,26)23-10-2-9-22(11-12-23)19(24)16-4-1-3-15(13-16)14-21/h1,3-8,13H,2,9-12H2. The van der Waals surface area contributed by atoms with Crippen LogP contribution in [0.15, 0.2) is 53.4 Å². The summed E-state index contributed by atoms with van der Waals surface area (Å²) in [6.07, 6.45) is 0.490. The van der Waals surface area contributed by atoms with Gasteiger partial charge in [0.05, 0.1) is 16.5 Å². The van der Waals surface area contributed by atoms with Gasteiger partial charge in [-0.15, -0.1) is 0 Å². The highest BCUT2D eigenvalue weighted by Crippen LogP contribution is 2.19. The third kappa shape index (κ3) is 4.15. The van der Waals surface area contributed by atoms with Gasteiger partial charge in [0.2, 0.25) is 10.0 Å². The molecule has 2 aromatic carbocycles. The van der Waals surface area contributed by atoms with E-state index in [0.717, 1.165) is 12.1 Å². The monoisotopic (exact) mass is 387 g/mol. The second-order valence-electron chi connectivity index (χ2n) is 6.20. The van der Waals surface area contributed by atoms with Crippen LogP contribution in [0.3, 0.4) is 0 Å². The summed E-state index contributed by atoms with van der Waals surface area (Å²) in [5.74, 6) is -0.727. The number of hydrogen-bond acceptors (Lipinski definition) is 4. The summed E-state index contributed by atoms with van der Waals surface area (Å²) in [5.41, 5.74) is 0.806. The number of sulfonamides is 1. The van der Waals surface area contributed by atoms with E-state index in [1.165, 1.54) is 22.5 Å². The van der Waals surface area contributed by atoms with Gasteiger partial charge in [0.25, 0.3) is 5.91 Å². The first-order valence-electron chi connectivity index (χ1n) is 8.47. The zero-order chi connectivity index (χ0) is 19.4. The predicted molar refractivity (Wildman–Crippen MR) is 96.8 cm³/mol. The van der Waals surface area contributed by atoms with Crippen LogP contribution in [-0.2, 0) is 10.0 Å². The Kier molecular flexibility index (Phi) is 5.54. The predicted octanol–water partition coefficient (Wildman–Crippen LogP) is 2.23. The van der Waals surface area contributed by atoms with E-state index in [-0.39, 0.29) is 30.4 Å². The van der Waals surface area contributed by atoms with Gasteiger partial charge in [-0.2, -0.15) is 9.57 Å². The summed E-state index contributed by atoms with van der Waals surface area (Å²) in [7, 11) is -3.74. The molecule has 27 heavy (non-hydrogen) atoms. The van der Waals surface area contributed by atoms with Gasteiger partial charge in [-0.25, -0.2) is 12.8 Å². The van der Waals surface area contributed by atoms with E-state index in [0.29, 0.717) is 24.1 Å². The molecule has 0 saturated carbocycles. The van der Waals surface area contributed by atoms with Gasteiger partial charge in [0, 0.05) is 31.7 Å². The lowest BCUT2D eigenvalue weighted by Crippen LogP contribution is -2.37. The molecule has 3 rings (SSSR count). The van der Waals surface area contributed by atoms with E-state index in [2.05, 4.69) is 0 Å². The average molecular weight is 387 g/mol. The molecule has 1 heterocycles. The molecule has 140 valence electrons. The number of amides is 1. The molecule has 0 unspecified atom stereocenters. The smallest absolute Gasteiger partial charge is 0.253 e. The SMILES string of the molecule is N#Cc1cccc(C(=O)N2CCCN(S(=O)(=O)c3ccc(F)cc3)CC2)c1. The molecule has 1 amide bonds. The minimum atomic E-state index is -3.74. The summed E-state index contributed by atoms with van der Waals surface area (Å²) in [5, 5.41) is 8.98. The average Bonchev–Trinajstić information content (AvgIpc) is 2.94. The highest BCUT2D eigenvalue weighted by Gasteiger charge is 2.28. The maximum absolute atomic E-state index is 13.1. The van der Waals surface area contributed by atoms with Crippen LogP contribution in [-0.4, -0.2) is 49.7 Å². The van der Waals surface area contributed by atoms with E-state index >= 15 is 0 Å². The van der Waals surface area contributed by atoms with E-state index < -0.39 is 15.8 Å². The van der Waals surface area contributed by atoms with Gasteiger partial charge in [0.15, 0.2) is 0 Å². The Morgan fingerprint density at radius 2 is 1.78 bits per heavy atom. The van der Waals surface area contributed by atoms with Crippen LogP contribution in [0.25, 0.3) is 0 Å². The molecule has 1 saturated heterocycles. The van der Waals surface area contributed by atoms with Crippen LogP contribution in [0.2, 0.25) is 0 Å². The van der Waals surface area contributed by atoms with Crippen molar-refractivity contribution in [3.8, 4) is 6.07 Å². The third-order valence-electron chi connectivity index (χ3n) is 4.43. The Balaban J connectivity index is 1.74. The molecule has 0 spiro atoms. The molecule has 0 radical (unpaired) electrons. The van der Waals surface area contributed by atoms with Gasteiger partial charge in [-0.05, 0) is 48.9 Å². The summed E-state index contributed by atoms with van der Waals surface area (Å²) < 4.78 is 39.9. The number of carbonyl (C=O) groups excluding carboxylic acids is 1. The van der Waals surface area contributed by atoms with Crippen LogP contribution in [0.4, 0.5) is 4.39 Å². The summed E-state index contributed by atoms with van der Waals surface area (Å²) in [6, 6.07) is 13.2. The zero-order valence-electron chi connectivity index (χ0n) is 14.5. The van der Waals surface area contributed by atoms with E-state index in [1.807, 2.05) is 6.07 Å². The van der Waals surface area contributed by atoms with Crippen LogP contribution in [0, 0.1) is 17.1 Å². The van der Waals surface area contributed by atoms with Crippen molar-refractivity contribution in [1.82, 2.24) is 9.21 Å². The van der Waals surface area contributed by atoms with Crippen LogP contribution < -0.4 is 0 Å². The molecule has 1 fully saturated rings. The maximum Gasteiger partial charge on any atom is 0.253 e. The summed E-state index contributed by atoms with van der Waals surface area (Å²) in [4.78, 5) is 14.3. The minimum Gasteiger partial charge on any atom is -0.337 e. The Bertz CT molecular complexity index is 984. The Labute approximate surface area is 157 Å². The lowest BCUT2D eigenvalue weighted by Gasteiger charge is -2.22. The van der Waals surface area contributed by atoms with Crippen molar-refractivity contribution >= 4 is 15.9 Å². The van der Waals surface area contributed by atoms with Crippen molar-refractivity contribution < 1.29 is 17.6 Å². The van der Waals surface area contributed by atoms with E-state index in [1.54, 1.807) is 23.1 Å². The normalized spacial score (nSPS) is 15.8. The first-order chi connectivity index (χ1) is 12.9. The number of hydrogen-bond donors (Lipinski definition) is 0. The second kappa shape index (κ2) is 7.86. The van der Waals surface area contributed by atoms with Gasteiger partial charge >= 0.3 is 0 Å². The Morgan fingerprint density at radius 1 is 1.04 bits per heavy atom. The number of rotatable bonds is 3. The zero-order valence-corrected chi connectivity index (χ0v) is 15.3. The largest absolute Gasteiger partial charge is 0.337 e. The molecule has 0 aliphatic carbocycles. The van der Waals surface area contributed by atoms with Gasteiger partial charge in [0.1, 0.15) is 5.82 Å². The molecule has 0 N–H and O–H groups in total. The van der Waals surface area contributed by atoms with E-state index in [9.17, 15) is 17.6 Å². The fourth-order valence-corrected chi connectivity index (χ4v) is 4.47. The number of nitrogens with zero attached hydrogens (tertiary/aromatic N) is 3. The maximum atomic E-state index is 13.1. The van der Waals surface area contributed by atoms with Crippen molar-refractivity contribution in [3.05, 3.63) is 65.5 Å². The second-order valence-corrected chi connectivity index (χ2v) is 8.13. The first-order valence-corrected chi connectivity index (χ1v) is 9.91. The molecule has 1 aliphatic rings. The fourth-order valence-electron chi connectivity index (χ4n) is 3.00. The van der Waals surface area contributed by atoms with Crippen LogP contribution in [0.1, 0.15) is 22.3 Å². The fraction of sp³-hybridized carbons (Fsp3) is 0.263. The highest BCUT2D eigenvalue weighted by molar-refractivity contribution is 7.89. The molecule has 0 aromatic heterocycles. The lowest BCUT2D eigenvalue weighted by molar-refractivity contribution is 0.0764. The molecule has 6 nitrogen and oxygen atoms in total. The number of carbonyl (C=O) groups is 1. The quantitative estimate of drug-likeness (QED) is 0.809. The summed E-state index contributed by atoms with van der Waals surface area (Å²) in [6.45, 7) is 1.10. The van der Waals surface area contributed by atoms with Crippen molar-refractivity contribution in [2.75, 3.05) is 26.2 Å². The first kappa shape index (κ1) is 19.0. The van der Waals surface area contributed by atoms with Gasteiger partial charge < -0.3 is 4.90 Å². The lowest BCUT2D eigenvalue weighted by atomic mass is 10.1. The van der Waals surface area contributed by atoms with Crippen LogP contribution >= 0.6 is 0 Å². The topological polar surface area (TPSA) is 81.5 Å². The number of halogens is 1.